The van der Waals surface area contributed by atoms with Crippen LogP contribution in [0.5, 0.6) is 0 Å². The maximum atomic E-state index is 12.4. The van der Waals surface area contributed by atoms with Gasteiger partial charge in [0.1, 0.15) is 11.3 Å². The van der Waals surface area contributed by atoms with Crippen LogP contribution in [0.4, 0.5) is 11.4 Å². The van der Waals surface area contributed by atoms with Gasteiger partial charge in [0, 0.05) is 13.1 Å². The smallest absolute Gasteiger partial charge is 0.305 e. The number of hydrogen-bond acceptors (Lipinski definition) is 4. The Bertz CT molecular complexity index is 594. The van der Waals surface area contributed by atoms with Crippen molar-refractivity contribution in [3.05, 3.63) is 33.9 Å². The minimum absolute atomic E-state index is 0.00958. The number of carbonyl (C=O) groups is 1. The van der Waals surface area contributed by atoms with E-state index in [2.05, 4.69) is 38.3 Å². The number of anilines is 1. The number of hydrogen-bond donors (Lipinski definition) is 2. The van der Waals surface area contributed by atoms with Crippen molar-refractivity contribution in [1.82, 2.24) is 5.32 Å². The molecule has 1 aliphatic carbocycles. The molecule has 0 aliphatic heterocycles. The largest absolute Gasteiger partial charge is 0.383 e. The van der Waals surface area contributed by atoms with Crippen molar-refractivity contribution in [2.75, 3.05) is 12.4 Å². The van der Waals surface area contributed by atoms with Crippen molar-refractivity contribution in [3.63, 3.8) is 0 Å². The molecule has 0 bridgehead atoms. The molecule has 2 N–H and O–H groups in total. The summed E-state index contributed by atoms with van der Waals surface area (Å²) in [5, 5.41) is 16.9. The summed E-state index contributed by atoms with van der Waals surface area (Å²) in [5.41, 5.74) is 0.205. The number of amides is 1. The number of nitro benzene ring substituents is 1. The molecule has 21 heavy (non-hydrogen) atoms. The van der Waals surface area contributed by atoms with Crippen molar-refractivity contribution >= 4 is 17.3 Å². The second-order valence-electron chi connectivity index (χ2n) is 6.56. The molecular formula is C15H21N3O3. The third-order valence-electron chi connectivity index (χ3n) is 5.03. The van der Waals surface area contributed by atoms with Crippen LogP contribution in [0.2, 0.25) is 0 Å². The van der Waals surface area contributed by atoms with Gasteiger partial charge in [0.25, 0.3) is 5.91 Å². The second kappa shape index (κ2) is 4.72. The summed E-state index contributed by atoms with van der Waals surface area (Å²) in [6.45, 7) is 8.32. The van der Waals surface area contributed by atoms with Gasteiger partial charge in [0.05, 0.1) is 4.92 Å². The quantitative estimate of drug-likeness (QED) is 0.660. The second-order valence-corrected chi connectivity index (χ2v) is 6.56. The Morgan fingerprint density at radius 2 is 1.81 bits per heavy atom. The summed E-state index contributed by atoms with van der Waals surface area (Å²) in [6, 6.07) is 4.71. The lowest BCUT2D eigenvalue weighted by molar-refractivity contribution is -0.384. The zero-order valence-electron chi connectivity index (χ0n) is 13.0. The lowest BCUT2D eigenvalue weighted by atomic mass is 10.0. The van der Waals surface area contributed by atoms with Crippen LogP contribution in [-0.2, 0) is 0 Å². The van der Waals surface area contributed by atoms with Crippen LogP contribution in [-0.4, -0.2) is 23.9 Å². The Hall–Kier alpha value is -2.11. The first-order valence-corrected chi connectivity index (χ1v) is 6.90. The Kier molecular flexibility index (Phi) is 3.43. The lowest BCUT2D eigenvalue weighted by Crippen LogP contribution is -2.30. The summed E-state index contributed by atoms with van der Waals surface area (Å²) >= 11 is 0. The van der Waals surface area contributed by atoms with Crippen LogP contribution in [0.3, 0.4) is 0 Å². The van der Waals surface area contributed by atoms with Gasteiger partial charge in [0.2, 0.25) is 0 Å². The maximum Gasteiger partial charge on any atom is 0.305 e. The van der Waals surface area contributed by atoms with Crippen LogP contribution in [0.1, 0.15) is 38.1 Å². The van der Waals surface area contributed by atoms with E-state index < -0.39 is 10.8 Å². The van der Waals surface area contributed by atoms with Crippen molar-refractivity contribution in [3.8, 4) is 0 Å². The molecule has 6 nitrogen and oxygen atoms in total. The topological polar surface area (TPSA) is 84.3 Å². The van der Waals surface area contributed by atoms with Crippen molar-refractivity contribution in [2.24, 2.45) is 10.8 Å². The third-order valence-corrected chi connectivity index (χ3v) is 5.03. The van der Waals surface area contributed by atoms with E-state index in [9.17, 15) is 14.9 Å². The molecule has 1 saturated carbocycles. The molecule has 1 aromatic rings. The summed E-state index contributed by atoms with van der Waals surface area (Å²) in [7, 11) is 1.59. The van der Waals surface area contributed by atoms with Crippen LogP contribution in [0.25, 0.3) is 0 Å². The zero-order valence-corrected chi connectivity index (χ0v) is 13.0. The van der Waals surface area contributed by atoms with Gasteiger partial charge in [-0.05, 0) is 23.0 Å². The van der Waals surface area contributed by atoms with Gasteiger partial charge in [-0.2, -0.15) is 0 Å². The molecule has 1 aromatic carbocycles. The minimum Gasteiger partial charge on any atom is -0.383 e. The molecular weight excluding hydrogens is 270 g/mol. The minimum atomic E-state index is -0.524. The number of carbonyl (C=O) groups excluding carboxylic acids is 1. The number of rotatable bonds is 4. The van der Waals surface area contributed by atoms with Crippen LogP contribution >= 0.6 is 0 Å². The summed E-state index contributed by atoms with van der Waals surface area (Å²) < 4.78 is 0. The fraction of sp³-hybridized carbons (Fsp3) is 0.533. The van der Waals surface area contributed by atoms with Gasteiger partial charge in [-0.25, -0.2) is 0 Å². The molecule has 0 aromatic heterocycles. The number of nitrogens with one attached hydrogen (secondary N) is 2. The molecule has 0 radical (unpaired) electrons. The standard InChI is InChI=1S/C15H21N3O3/c1-14(2)13(15(14,3)4)17-12(19)9-7-6-8-10(16-5)11(9)18(20)21/h6-8,13,16H,1-5H3,(H,17,19). The Morgan fingerprint density at radius 1 is 1.24 bits per heavy atom. The summed E-state index contributed by atoms with van der Waals surface area (Å²) in [5.74, 6) is -0.401. The molecule has 1 fully saturated rings. The average molecular weight is 291 g/mol. The van der Waals surface area contributed by atoms with E-state index in [0.717, 1.165) is 0 Å². The van der Waals surface area contributed by atoms with Gasteiger partial charge >= 0.3 is 5.69 Å². The molecule has 2 rings (SSSR count). The Labute approximate surface area is 124 Å². The Morgan fingerprint density at radius 3 is 2.24 bits per heavy atom. The van der Waals surface area contributed by atoms with E-state index in [1.54, 1.807) is 19.2 Å². The van der Waals surface area contributed by atoms with E-state index in [1.807, 2.05) is 0 Å². The molecule has 1 aliphatic rings. The fourth-order valence-corrected chi connectivity index (χ4v) is 2.89. The zero-order chi connectivity index (χ0) is 16.0. The van der Waals surface area contributed by atoms with Gasteiger partial charge in [-0.3, -0.25) is 14.9 Å². The van der Waals surface area contributed by atoms with Crippen LogP contribution in [0, 0.1) is 20.9 Å². The van der Waals surface area contributed by atoms with Crippen molar-refractivity contribution in [1.29, 1.82) is 0 Å². The molecule has 6 heteroatoms. The van der Waals surface area contributed by atoms with E-state index >= 15 is 0 Å². The number of nitrogens with zero attached hydrogens (tertiary/aromatic N) is 1. The summed E-state index contributed by atoms with van der Waals surface area (Å²) in [4.78, 5) is 23.1. The van der Waals surface area contributed by atoms with Gasteiger partial charge < -0.3 is 10.6 Å². The molecule has 1 amide bonds. The van der Waals surface area contributed by atoms with Gasteiger partial charge in [-0.15, -0.1) is 0 Å². The molecule has 114 valence electrons. The van der Waals surface area contributed by atoms with Crippen LogP contribution in [0.15, 0.2) is 18.2 Å². The third kappa shape index (κ3) is 2.24. The van der Waals surface area contributed by atoms with Crippen molar-refractivity contribution in [2.45, 2.75) is 33.7 Å². The van der Waals surface area contributed by atoms with Crippen molar-refractivity contribution < 1.29 is 9.72 Å². The van der Waals surface area contributed by atoms with E-state index in [0.29, 0.717) is 5.69 Å². The number of nitro groups is 1. The van der Waals surface area contributed by atoms with Crippen LogP contribution < -0.4 is 10.6 Å². The highest BCUT2D eigenvalue weighted by atomic mass is 16.6. The number of benzene rings is 1. The SMILES string of the molecule is CNc1cccc(C(=O)NC2C(C)(C)C2(C)C)c1[N+](=O)[O-]. The normalized spacial score (nSPS) is 18.9. The highest BCUT2D eigenvalue weighted by molar-refractivity contribution is 6.00. The molecule has 0 saturated heterocycles. The molecule has 0 spiro atoms. The Balaban J connectivity index is 2.31. The monoisotopic (exact) mass is 291 g/mol. The predicted molar refractivity (Wildman–Crippen MR) is 81.5 cm³/mol. The van der Waals surface area contributed by atoms with Gasteiger partial charge in [-0.1, -0.05) is 33.8 Å². The first kappa shape index (κ1) is 15.3. The van der Waals surface area contributed by atoms with E-state index in [-0.39, 0.29) is 28.1 Å². The van der Waals surface area contributed by atoms with Gasteiger partial charge in [0.15, 0.2) is 0 Å². The number of para-hydroxylation sites is 1. The molecule has 0 heterocycles. The van der Waals surface area contributed by atoms with E-state index in [4.69, 9.17) is 0 Å². The highest BCUT2D eigenvalue weighted by Gasteiger charge is 2.65. The highest BCUT2D eigenvalue weighted by Crippen LogP contribution is 2.62. The predicted octanol–water partition coefficient (Wildman–Crippen LogP) is 2.80. The summed E-state index contributed by atoms with van der Waals surface area (Å²) in [6.07, 6.45) is 0. The first-order chi connectivity index (χ1) is 9.64. The molecule has 0 atom stereocenters. The first-order valence-electron chi connectivity index (χ1n) is 6.90. The lowest BCUT2D eigenvalue weighted by Gasteiger charge is -2.09. The fourth-order valence-electron chi connectivity index (χ4n) is 2.89. The average Bonchev–Trinajstić information content (AvgIpc) is 2.79. The van der Waals surface area contributed by atoms with E-state index in [1.165, 1.54) is 6.07 Å². The molecule has 0 unspecified atom stereocenters. The maximum absolute atomic E-state index is 12.4.